The normalized spacial score (nSPS) is 17.0. The molecule has 0 saturated carbocycles. The number of halogens is 1. The Kier molecular flexibility index (Phi) is 7.01. The van der Waals surface area contributed by atoms with Crippen LogP contribution in [0.4, 0.5) is 4.39 Å². The summed E-state index contributed by atoms with van der Waals surface area (Å²) in [5, 5.41) is 11.0. The number of nitrogens with one attached hydrogen (secondary N) is 1. The predicted octanol–water partition coefficient (Wildman–Crippen LogP) is 2.08. The van der Waals surface area contributed by atoms with Crippen LogP contribution in [-0.2, 0) is 32.6 Å². The lowest BCUT2D eigenvalue weighted by Gasteiger charge is -2.23. The van der Waals surface area contributed by atoms with Crippen molar-refractivity contribution in [2.24, 2.45) is 0 Å². The lowest BCUT2D eigenvalue weighted by molar-refractivity contribution is -0.124. The molecule has 1 aliphatic heterocycles. The van der Waals surface area contributed by atoms with E-state index in [1.54, 1.807) is 30.0 Å². The summed E-state index contributed by atoms with van der Waals surface area (Å²) in [7, 11) is -2.27. The first-order valence-corrected chi connectivity index (χ1v) is 12.2. The molecule has 1 atom stereocenters. The van der Waals surface area contributed by atoms with Crippen LogP contribution >= 0.6 is 0 Å². The van der Waals surface area contributed by atoms with Crippen molar-refractivity contribution in [3.8, 4) is 0 Å². The summed E-state index contributed by atoms with van der Waals surface area (Å²) < 4.78 is 47.8. The van der Waals surface area contributed by atoms with E-state index in [2.05, 4.69) is 15.6 Å². The number of ether oxygens (including phenoxy) is 1. The van der Waals surface area contributed by atoms with Crippen molar-refractivity contribution in [3.63, 3.8) is 0 Å². The third-order valence-electron chi connectivity index (χ3n) is 5.70. The second-order valence-electron chi connectivity index (χ2n) is 7.93. The molecule has 1 saturated heterocycles. The van der Waals surface area contributed by atoms with Gasteiger partial charge in [0.15, 0.2) is 0 Å². The van der Waals surface area contributed by atoms with Gasteiger partial charge >= 0.3 is 0 Å². The summed E-state index contributed by atoms with van der Waals surface area (Å²) in [5.74, 6) is -0.726. The van der Waals surface area contributed by atoms with E-state index < -0.39 is 16.1 Å². The van der Waals surface area contributed by atoms with Crippen molar-refractivity contribution in [2.45, 2.75) is 43.3 Å². The quantitative estimate of drug-likeness (QED) is 0.475. The van der Waals surface area contributed by atoms with Gasteiger partial charge in [0.2, 0.25) is 15.9 Å². The second-order valence-corrected chi connectivity index (χ2v) is 9.82. The van der Waals surface area contributed by atoms with Crippen molar-refractivity contribution in [1.82, 2.24) is 24.6 Å². The van der Waals surface area contributed by atoms with Gasteiger partial charge in [0.25, 0.3) is 0 Å². The molecule has 11 heteroatoms. The minimum atomic E-state index is -3.90. The average molecular weight is 476 g/mol. The molecule has 2 aromatic carbocycles. The molecule has 1 unspecified atom stereocenters. The molecule has 0 spiro atoms. The van der Waals surface area contributed by atoms with Crippen molar-refractivity contribution in [3.05, 3.63) is 53.8 Å². The Balaban J connectivity index is 1.48. The Morgan fingerprint density at radius 1 is 1.24 bits per heavy atom. The Labute approximate surface area is 191 Å². The predicted molar refractivity (Wildman–Crippen MR) is 119 cm³/mol. The number of fused-ring (bicyclic) bond motifs is 1. The van der Waals surface area contributed by atoms with E-state index in [0.29, 0.717) is 31.5 Å². The molecule has 9 nitrogen and oxygen atoms in total. The van der Waals surface area contributed by atoms with Gasteiger partial charge in [-0.05, 0) is 55.2 Å². The minimum absolute atomic E-state index is 0.0807. The van der Waals surface area contributed by atoms with Gasteiger partial charge in [0, 0.05) is 33.4 Å². The van der Waals surface area contributed by atoms with E-state index in [4.69, 9.17) is 4.74 Å². The number of hydrogen-bond acceptors (Lipinski definition) is 6. The highest BCUT2D eigenvalue weighted by atomic mass is 32.2. The topological polar surface area (TPSA) is 106 Å². The van der Waals surface area contributed by atoms with Gasteiger partial charge in [0.1, 0.15) is 17.4 Å². The van der Waals surface area contributed by atoms with Crippen LogP contribution < -0.4 is 5.32 Å². The molecule has 1 aliphatic rings. The Bertz CT molecular complexity index is 1230. The van der Waals surface area contributed by atoms with Gasteiger partial charge < -0.3 is 10.1 Å². The van der Waals surface area contributed by atoms with Crippen molar-refractivity contribution in [2.75, 3.05) is 20.3 Å². The van der Waals surface area contributed by atoms with E-state index >= 15 is 0 Å². The number of amides is 1. The van der Waals surface area contributed by atoms with Gasteiger partial charge in [-0.1, -0.05) is 17.3 Å². The molecule has 1 amide bonds. The molecule has 0 aliphatic carbocycles. The Morgan fingerprint density at radius 3 is 2.79 bits per heavy atom. The maximum Gasteiger partial charge on any atom is 0.243 e. The SMILES string of the molecule is COCCCn1nnc2cc(S(=O)(=O)N3CCCC3C(=O)NCc3ccc(F)cc3)ccc21. The van der Waals surface area contributed by atoms with Gasteiger partial charge in [-0.2, -0.15) is 4.31 Å². The van der Waals surface area contributed by atoms with Crippen molar-refractivity contribution >= 4 is 27.0 Å². The maximum atomic E-state index is 13.4. The number of hydrogen-bond donors (Lipinski definition) is 1. The van der Waals surface area contributed by atoms with E-state index in [1.807, 2.05) is 0 Å². The second kappa shape index (κ2) is 9.94. The molecule has 1 N–H and O–H groups in total. The highest BCUT2D eigenvalue weighted by Crippen LogP contribution is 2.28. The molecule has 0 radical (unpaired) electrons. The van der Waals surface area contributed by atoms with Crippen LogP contribution in [0, 0.1) is 5.82 Å². The number of carbonyl (C=O) groups excluding carboxylic acids is 1. The summed E-state index contributed by atoms with van der Waals surface area (Å²) in [5.41, 5.74) is 1.95. The average Bonchev–Trinajstić information content (AvgIpc) is 3.46. The van der Waals surface area contributed by atoms with Crippen molar-refractivity contribution < 1.29 is 22.3 Å². The number of nitrogens with zero attached hydrogens (tertiary/aromatic N) is 4. The molecule has 2 heterocycles. The smallest absolute Gasteiger partial charge is 0.243 e. The molecular formula is C22H26FN5O4S. The first kappa shape index (κ1) is 23.3. The van der Waals surface area contributed by atoms with Gasteiger partial charge in [-0.15, -0.1) is 5.10 Å². The molecular weight excluding hydrogens is 449 g/mol. The third-order valence-corrected chi connectivity index (χ3v) is 7.60. The summed E-state index contributed by atoms with van der Waals surface area (Å²) in [6, 6.07) is 9.71. The lowest BCUT2D eigenvalue weighted by atomic mass is 10.2. The summed E-state index contributed by atoms with van der Waals surface area (Å²) >= 11 is 0. The highest BCUT2D eigenvalue weighted by Gasteiger charge is 2.39. The van der Waals surface area contributed by atoms with E-state index in [-0.39, 0.29) is 29.7 Å². The van der Waals surface area contributed by atoms with E-state index in [1.165, 1.54) is 28.6 Å². The zero-order valence-electron chi connectivity index (χ0n) is 18.3. The largest absolute Gasteiger partial charge is 0.385 e. The molecule has 0 bridgehead atoms. The van der Waals surface area contributed by atoms with Crippen LogP contribution in [0.25, 0.3) is 11.0 Å². The summed E-state index contributed by atoms with van der Waals surface area (Å²) in [6.45, 7) is 1.66. The summed E-state index contributed by atoms with van der Waals surface area (Å²) in [4.78, 5) is 12.9. The van der Waals surface area contributed by atoms with Gasteiger partial charge in [-0.25, -0.2) is 17.5 Å². The fourth-order valence-corrected chi connectivity index (χ4v) is 5.65. The number of aromatic nitrogens is 3. The lowest BCUT2D eigenvalue weighted by Crippen LogP contribution is -2.45. The minimum Gasteiger partial charge on any atom is -0.385 e. The molecule has 1 fully saturated rings. The molecule has 33 heavy (non-hydrogen) atoms. The number of aryl methyl sites for hydroxylation is 1. The highest BCUT2D eigenvalue weighted by molar-refractivity contribution is 7.89. The van der Waals surface area contributed by atoms with Crippen LogP contribution in [0.15, 0.2) is 47.4 Å². The zero-order chi connectivity index (χ0) is 23.4. The number of sulfonamides is 1. The van der Waals surface area contributed by atoms with Gasteiger partial charge in [0.05, 0.1) is 10.4 Å². The Morgan fingerprint density at radius 2 is 2.03 bits per heavy atom. The molecule has 176 valence electrons. The molecule has 3 aromatic rings. The van der Waals surface area contributed by atoms with Crippen LogP contribution in [0.2, 0.25) is 0 Å². The van der Waals surface area contributed by atoms with Crippen molar-refractivity contribution in [1.29, 1.82) is 0 Å². The Hall–Kier alpha value is -2.89. The maximum absolute atomic E-state index is 13.4. The van der Waals surface area contributed by atoms with Gasteiger partial charge in [-0.3, -0.25) is 4.79 Å². The first-order valence-electron chi connectivity index (χ1n) is 10.8. The standard InChI is InChI=1S/C22H26FN5O4S/c1-32-13-3-11-27-20-10-9-18(14-19(20)25-26-27)33(30,31)28-12-2-4-21(28)22(29)24-15-16-5-7-17(23)8-6-16/h5-10,14,21H,2-4,11-13,15H2,1H3,(H,24,29). The fraction of sp³-hybridized carbons (Fsp3) is 0.409. The molecule has 1 aromatic heterocycles. The van der Waals surface area contributed by atoms with Crippen LogP contribution in [0.5, 0.6) is 0 Å². The van der Waals surface area contributed by atoms with Crippen LogP contribution in [-0.4, -0.2) is 59.9 Å². The zero-order valence-corrected chi connectivity index (χ0v) is 19.1. The van der Waals surface area contributed by atoms with Crippen LogP contribution in [0.3, 0.4) is 0 Å². The monoisotopic (exact) mass is 475 g/mol. The fourth-order valence-electron chi connectivity index (χ4n) is 3.97. The molecule has 4 rings (SSSR count). The number of methoxy groups -OCH3 is 1. The summed E-state index contributed by atoms with van der Waals surface area (Å²) in [6.07, 6.45) is 1.79. The number of carbonyl (C=O) groups is 1. The van der Waals surface area contributed by atoms with Crippen LogP contribution in [0.1, 0.15) is 24.8 Å². The van der Waals surface area contributed by atoms with E-state index in [9.17, 15) is 17.6 Å². The first-order chi connectivity index (χ1) is 15.9. The third kappa shape index (κ3) is 5.05. The number of benzene rings is 2. The van der Waals surface area contributed by atoms with E-state index in [0.717, 1.165) is 17.5 Å². The number of rotatable bonds is 9.